The van der Waals surface area contributed by atoms with E-state index < -0.39 is 15.9 Å². The van der Waals surface area contributed by atoms with Crippen molar-refractivity contribution >= 4 is 38.9 Å². The summed E-state index contributed by atoms with van der Waals surface area (Å²) >= 11 is 6.15. The molecule has 7 nitrogen and oxygen atoms in total. The first-order valence-electron chi connectivity index (χ1n) is 10.00. The molecule has 0 saturated heterocycles. The van der Waals surface area contributed by atoms with Gasteiger partial charge in [0.2, 0.25) is 0 Å². The third kappa shape index (κ3) is 5.71. The monoisotopic (exact) mass is 485 g/mol. The molecule has 172 valence electrons. The summed E-state index contributed by atoms with van der Waals surface area (Å²) in [5.74, 6) is -0.217. The van der Waals surface area contributed by atoms with Crippen molar-refractivity contribution in [3.63, 3.8) is 0 Å². The molecule has 33 heavy (non-hydrogen) atoms. The zero-order valence-electron chi connectivity index (χ0n) is 18.6. The van der Waals surface area contributed by atoms with Gasteiger partial charge in [-0.05, 0) is 73.9 Å². The molecule has 0 unspecified atom stereocenters. The predicted molar refractivity (Wildman–Crippen MR) is 131 cm³/mol. The van der Waals surface area contributed by atoms with E-state index in [0.717, 1.165) is 16.7 Å². The van der Waals surface area contributed by atoms with E-state index in [-0.39, 0.29) is 21.2 Å². The molecular weight excluding hydrogens is 462 g/mol. The lowest BCUT2D eigenvalue weighted by Gasteiger charge is -2.13. The summed E-state index contributed by atoms with van der Waals surface area (Å²) in [6.07, 6.45) is 0. The van der Waals surface area contributed by atoms with Crippen molar-refractivity contribution in [1.82, 2.24) is 5.43 Å². The predicted octanol–water partition coefficient (Wildman–Crippen LogP) is 4.92. The number of aryl methyl sites for hydroxylation is 2. The average molecular weight is 486 g/mol. The third-order valence-electron chi connectivity index (χ3n) is 5.08. The Balaban J connectivity index is 1.84. The van der Waals surface area contributed by atoms with Crippen LogP contribution in [0.3, 0.4) is 0 Å². The van der Waals surface area contributed by atoms with Crippen LogP contribution in [0.1, 0.15) is 34.0 Å². The Morgan fingerprint density at radius 2 is 1.67 bits per heavy atom. The van der Waals surface area contributed by atoms with Crippen molar-refractivity contribution in [2.75, 3.05) is 11.8 Å². The summed E-state index contributed by atoms with van der Waals surface area (Å²) in [6, 6.07) is 16.4. The number of carbonyl (C=O) groups excluding carboxylic acids is 1. The number of halogens is 1. The van der Waals surface area contributed by atoms with E-state index in [1.165, 1.54) is 25.3 Å². The fraction of sp³-hybridized carbons (Fsp3) is 0.167. The summed E-state index contributed by atoms with van der Waals surface area (Å²) < 4.78 is 33.6. The molecule has 0 heterocycles. The lowest BCUT2D eigenvalue weighted by molar-refractivity contribution is 0.0954. The van der Waals surface area contributed by atoms with Gasteiger partial charge in [0.25, 0.3) is 15.9 Å². The number of anilines is 1. The average Bonchev–Trinajstić information content (AvgIpc) is 2.79. The first-order chi connectivity index (χ1) is 15.6. The number of ether oxygens (including phenoxy) is 1. The molecule has 0 bridgehead atoms. The number of benzene rings is 3. The highest BCUT2D eigenvalue weighted by molar-refractivity contribution is 7.92. The number of hydrazone groups is 1. The van der Waals surface area contributed by atoms with E-state index in [0.29, 0.717) is 11.5 Å². The number of nitrogens with zero attached hydrogens (tertiary/aromatic N) is 1. The van der Waals surface area contributed by atoms with Gasteiger partial charge >= 0.3 is 0 Å². The van der Waals surface area contributed by atoms with Gasteiger partial charge in [-0.1, -0.05) is 35.9 Å². The minimum atomic E-state index is -4.09. The van der Waals surface area contributed by atoms with Gasteiger partial charge < -0.3 is 4.74 Å². The van der Waals surface area contributed by atoms with Crippen molar-refractivity contribution in [2.24, 2.45) is 5.10 Å². The van der Waals surface area contributed by atoms with Crippen molar-refractivity contribution in [1.29, 1.82) is 0 Å². The fourth-order valence-corrected chi connectivity index (χ4v) is 4.61. The molecular formula is C24H24ClN3O4S. The van der Waals surface area contributed by atoms with Gasteiger partial charge in [-0.3, -0.25) is 9.52 Å². The molecule has 3 rings (SSSR count). The third-order valence-corrected chi connectivity index (χ3v) is 6.93. The van der Waals surface area contributed by atoms with Crippen LogP contribution in [0.25, 0.3) is 0 Å². The molecule has 2 N–H and O–H groups in total. The molecule has 0 radical (unpaired) electrons. The highest BCUT2D eigenvalue weighted by Crippen LogP contribution is 2.29. The Hall–Kier alpha value is -3.36. The van der Waals surface area contributed by atoms with Crippen LogP contribution in [-0.4, -0.2) is 27.1 Å². The minimum absolute atomic E-state index is 0.0243. The smallest absolute Gasteiger partial charge is 0.271 e. The zero-order chi connectivity index (χ0) is 24.2. The number of amides is 1. The van der Waals surface area contributed by atoms with Crippen LogP contribution < -0.4 is 14.9 Å². The van der Waals surface area contributed by atoms with Crippen LogP contribution >= 0.6 is 11.6 Å². The highest BCUT2D eigenvalue weighted by atomic mass is 35.5. The van der Waals surface area contributed by atoms with Gasteiger partial charge in [0.05, 0.1) is 23.5 Å². The number of methoxy groups -OCH3 is 1. The molecule has 0 spiro atoms. The summed E-state index contributed by atoms with van der Waals surface area (Å²) in [5.41, 5.74) is 6.58. The Bertz CT molecular complexity index is 1340. The van der Waals surface area contributed by atoms with Crippen molar-refractivity contribution in [3.8, 4) is 5.75 Å². The summed E-state index contributed by atoms with van der Waals surface area (Å²) in [5, 5.41) is 4.12. The molecule has 9 heteroatoms. The van der Waals surface area contributed by atoms with E-state index in [4.69, 9.17) is 16.3 Å². The van der Waals surface area contributed by atoms with Gasteiger partial charge in [-0.15, -0.1) is 0 Å². The van der Waals surface area contributed by atoms with Gasteiger partial charge in [-0.25, -0.2) is 13.8 Å². The van der Waals surface area contributed by atoms with Crippen LogP contribution in [0.4, 0.5) is 5.69 Å². The SMILES string of the molecule is COc1ccccc1NS(=O)(=O)c1cc(C(=O)N/N=C(\C)c2ccc(C)c(C)c2)ccc1Cl. The maximum absolute atomic E-state index is 13.0. The Morgan fingerprint density at radius 1 is 0.970 bits per heavy atom. The number of nitrogens with one attached hydrogen (secondary N) is 2. The molecule has 0 fully saturated rings. The number of rotatable bonds is 7. The van der Waals surface area contributed by atoms with E-state index in [9.17, 15) is 13.2 Å². The van der Waals surface area contributed by atoms with E-state index in [2.05, 4.69) is 15.2 Å². The first kappa shape index (κ1) is 24.3. The molecule has 0 aliphatic carbocycles. The van der Waals surface area contributed by atoms with E-state index >= 15 is 0 Å². The second-order valence-corrected chi connectivity index (χ2v) is 9.45. The Morgan fingerprint density at radius 3 is 2.36 bits per heavy atom. The maximum Gasteiger partial charge on any atom is 0.271 e. The number of sulfonamides is 1. The first-order valence-corrected chi connectivity index (χ1v) is 11.9. The van der Waals surface area contributed by atoms with Crippen molar-refractivity contribution in [3.05, 3.63) is 87.9 Å². The second-order valence-electron chi connectivity index (χ2n) is 7.39. The van der Waals surface area contributed by atoms with Crippen LogP contribution in [0.2, 0.25) is 5.02 Å². The lowest BCUT2D eigenvalue weighted by atomic mass is 10.0. The lowest BCUT2D eigenvalue weighted by Crippen LogP contribution is -2.20. The van der Waals surface area contributed by atoms with E-state index in [1.807, 2.05) is 32.0 Å². The Labute approximate surface area is 198 Å². The largest absolute Gasteiger partial charge is 0.495 e. The van der Waals surface area contributed by atoms with Crippen molar-refractivity contribution < 1.29 is 17.9 Å². The van der Waals surface area contributed by atoms with E-state index in [1.54, 1.807) is 31.2 Å². The molecule has 3 aromatic carbocycles. The molecule has 0 aliphatic rings. The van der Waals surface area contributed by atoms with Crippen LogP contribution in [-0.2, 0) is 10.0 Å². The topological polar surface area (TPSA) is 96.9 Å². The zero-order valence-corrected chi connectivity index (χ0v) is 20.2. The molecule has 0 aromatic heterocycles. The van der Waals surface area contributed by atoms with Crippen LogP contribution in [0, 0.1) is 13.8 Å². The molecule has 0 saturated carbocycles. The summed E-state index contributed by atoms with van der Waals surface area (Å²) in [4.78, 5) is 12.4. The quantitative estimate of drug-likeness (QED) is 0.366. The molecule has 1 amide bonds. The number of hydrogen-bond acceptors (Lipinski definition) is 5. The number of hydrogen-bond donors (Lipinski definition) is 2. The fourth-order valence-electron chi connectivity index (χ4n) is 3.01. The van der Waals surface area contributed by atoms with Gasteiger partial charge in [-0.2, -0.15) is 5.10 Å². The van der Waals surface area contributed by atoms with Crippen LogP contribution in [0.15, 0.2) is 70.7 Å². The highest BCUT2D eigenvalue weighted by Gasteiger charge is 2.22. The molecule has 3 aromatic rings. The molecule has 0 atom stereocenters. The maximum atomic E-state index is 13.0. The van der Waals surface area contributed by atoms with Crippen LogP contribution in [0.5, 0.6) is 5.75 Å². The summed E-state index contributed by atoms with van der Waals surface area (Å²) in [7, 11) is -2.66. The standard InChI is InChI=1S/C24H24ClN3O4S/c1-15-9-10-18(13-16(15)2)17(3)26-27-24(29)19-11-12-20(25)23(14-19)33(30,31)28-21-7-5-6-8-22(21)32-4/h5-14,28H,1-4H3,(H,27,29)/b26-17+. The summed E-state index contributed by atoms with van der Waals surface area (Å²) in [6.45, 7) is 5.79. The second kappa shape index (κ2) is 10.1. The normalized spacial score (nSPS) is 11.7. The Kier molecular flexibility index (Phi) is 7.40. The molecule has 0 aliphatic heterocycles. The number of carbonyl (C=O) groups is 1. The number of para-hydroxylation sites is 2. The van der Waals surface area contributed by atoms with Gasteiger partial charge in [0.1, 0.15) is 10.6 Å². The minimum Gasteiger partial charge on any atom is -0.495 e. The van der Waals surface area contributed by atoms with Gasteiger partial charge in [0.15, 0.2) is 0 Å². The van der Waals surface area contributed by atoms with Gasteiger partial charge in [0, 0.05) is 5.56 Å². The van der Waals surface area contributed by atoms with Crippen molar-refractivity contribution in [2.45, 2.75) is 25.7 Å².